The summed E-state index contributed by atoms with van der Waals surface area (Å²) in [5.41, 5.74) is 0.509. The van der Waals surface area contributed by atoms with Crippen LogP contribution in [0, 0.1) is 0 Å². The van der Waals surface area contributed by atoms with Crippen LogP contribution in [0.25, 0.3) is 11.0 Å². The predicted octanol–water partition coefficient (Wildman–Crippen LogP) is 1.10. The molecule has 2 N–H and O–H groups in total. The number of piperidine rings is 1. The van der Waals surface area contributed by atoms with Gasteiger partial charge in [0.2, 0.25) is 16.0 Å². The molecule has 1 aliphatic heterocycles. The van der Waals surface area contributed by atoms with E-state index < -0.39 is 10.0 Å². The number of aliphatic hydroxyl groups excluding tert-OH is 1. The second kappa shape index (κ2) is 8.00. The Balaban J connectivity index is 1.56. The third-order valence-corrected chi connectivity index (χ3v) is 7.26. The van der Waals surface area contributed by atoms with Gasteiger partial charge in [-0.15, -0.1) is 0 Å². The van der Waals surface area contributed by atoms with Crippen molar-refractivity contribution in [2.75, 3.05) is 24.7 Å². The number of hydrogen-bond donors (Lipinski definition) is 2. The maximum Gasteiger partial charge on any atom is 0.252 e. The van der Waals surface area contributed by atoms with Crippen molar-refractivity contribution in [3.8, 4) is 0 Å². The molecule has 0 unspecified atom stereocenters. The van der Waals surface area contributed by atoms with Crippen LogP contribution >= 0.6 is 0 Å². The lowest BCUT2D eigenvalue weighted by Gasteiger charge is -2.30. The van der Waals surface area contributed by atoms with Gasteiger partial charge >= 0.3 is 0 Å². The maximum absolute atomic E-state index is 12.6. The minimum absolute atomic E-state index is 0.0235. The number of nitrogens with zero attached hydrogens (tertiary/aromatic N) is 4. The fraction of sp³-hybridized carbons (Fsp3) is 0.632. The first-order valence-corrected chi connectivity index (χ1v) is 11.9. The molecule has 2 fully saturated rings. The van der Waals surface area contributed by atoms with Gasteiger partial charge in [-0.25, -0.2) is 17.7 Å². The van der Waals surface area contributed by atoms with Crippen LogP contribution in [0.1, 0.15) is 44.6 Å². The van der Waals surface area contributed by atoms with Gasteiger partial charge in [-0.1, -0.05) is 0 Å². The first-order valence-electron chi connectivity index (χ1n) is 10.1. The van der Waals surface area contributed by atoms with Crippen LogP contribution in [0.2, 0.25) is 0 Å². The van der Waals surface area contributed by atoms with Gasteiger partial charge in [-0.3, -0.25) is 9.36 Å². The van der Waals surface area contributed by atoms with Gasteiger partial charge in [0.15, 0.2) is 0 Å². The summed E-state index contributed by atoms with van der Waals surface area (Å²) in [5, 5.41) is 13.9. The van der Waals surface area contributed by atoms with Gasteiger partial charge in [0.1, 0.15) is 5.65 Å². The Bertz CT molecular complexity index is 1040. The predicted molar refractivity (Wildman–Crippen MR) is 110 cm³/mol. The second-order valence-electron chi connectivity index (χ2n) is 8.06. The van der Waals surface area contributed by atoms with Crippen LogP contribution in [-0.4, -0.2) is 63.9 Å². The molecule has 158 valence electrons. The molecule has 2 aromatic rings. The quantitative estimate of drug-likeness (QED) is 0.759. The van der Waals surface area contributed by atoms with Gasteiger partial charge in [-0.2, -0.15) is 4.98 Å². The highest BCUT2D eigenvalue weighted by atomic mass is 32.2. The molecule has 1 saturated carbocycles. The van der Waals surface area contributed by atoms with E-state index in [1.54, 1.807) is 22.9 Å². The molecule has 10 heteroatoms. The number of aliphatic hydroxyl groups is 1. The largest absolute Gasteiger partial charge is 0.393 e. The minimum Gasteiger partial charge on any atom is -0.393 e. The van der Waals surface area contributed by atoms with Crippen molar-refractivity contribution in [1.29, 1.82) is 0 Å². The van der Waals surface area contributed by atoms with Crippen molar-refractivity contribution < 1.29 is 13.5 Å². The van der Waals surface area contributed by atoms with Crippen LogP contribution in [0.15, 0.2) is 23.1 Å². The fourth-order valence-electron chi connectivity index (χ4n) is 4.29. The molecule has 0 atom stereocenters. The highest BCUT2D eigenvalue weighted by Crippen LogP contribution is 2.29. The molecule has 0 radical (unpaired) electrons. The van der Waals surface area contributed by atoms with E-state index in [0.29, 0.717) is 50.4 Å². The molecule has 0 amide bonds. The standard InChI is InChI=1S/C19H27N5O4S/c1-29(27,28)23-10-8-14(9-11-23)21-19-20-12-13-2-7-17(26)24(18(13)22-19)15-3-5-16(25)6-4-15/h2,7,12,14-16,25H,3-6,8-11H2,1H3,(H,20,21,22)/t15-,16+. The molecule has 0 aromatic carbocycles. The van der Waals surface area contributed by atoms with Crippen LogP contribution in [-0.2, 0) is 10.0 Å². The number of sulfonamides is 1. The number of fused-ring (bicyclic) bond motifs is 1. The van der Waals surface area contributed by atoms with Crippen molar-refractivity contribution in [2.45, 2.75) is 56.7 Å². The molecule has 3 heterocycles. The Hall–Kier alpha value is -2.04. The lowest BCUT2D eigenvalue weighted by atomic mass is 9.93. The molecule has 2 aliphatic rings. The second-order valence-corrected chi connectivity index (χ2v) is 10.0. The number of hydrogen-bond acceptors (Lipinski definition) is 7. The molecule has 9 nitrogen and oxygen atoms in total. The zero-order valence-corrected chi connectivity index (χ0v) is 17.3. The fourth-order valence-corrected chi connectivity index (χ4v) is 5.17. The topological polar surface area (TPSA) is 117 Å². The zero-order chi connectivity index (χ0) is 20.6. The normalized spacial score (nSPS) is 24.6. The highest BCUT2D eigenvalue weighted by molar-refractivity contribution is 7.88. The Morgan fingerprint density at radius 3 is 2.45 bits per heavy atom. The van der Waals surface area contributed by atoms with Gasteiger partial charge in [0, 0.05) is 42.8 Å². The number of nitrogens with one attached hydrogen (secondary N) is 1. The minimum atomic E-state index is -3.16. The average molecular weight is 422 g/mol. The third kappa shape index (κ3) is 4.44. The molecular formula is C19H27N5O4S. The van der Waals surface area contributed by atoms with Crippen molar-refractivity contribution in [1.82, 2.24) is 18.8 Å². The van der Waals surface area contributed by atoms with Gasteiger partial charge in [0.05, 0.1) is 12.4 Å². The summed E-state index contributed by atoms with van der Waals surface area (Å²) < 4.78 is 26.6. The highest BCUT2D eigenvalue weighted by Gasteiger charge is 2.26. The van der Waals surface area contributed by atoms with Gasteiger partial charge < -0.3 is 10.4 Å². The Morgan fingerprint density at radius 2 is 1.79 bits per heavy atom. The molecule has 2 aromatic heterocycles. The monoisotopic (exact) mass is 421 g/mol. The average Bonchev–Trinajstić information content (AvgIpc) is 2.69. The van der Waals surface area contributed by atoms with E-state index in [9.17, 15) is 18.3 Å². The van der Waals surface area contributed by atoms with E-state index in [1.165, 1.54) is 10.6 Å². The Morgan fingerprint density at radius 1 is 1.10 bits per heavy atom. The SMILES string of the molecule is CS(=O)(=O)N1CCC(Nc2ncc3ccc(=O)n([C@H]4CC[C@@H](O)CC4)c3n2)CC1. The number of rotatable bonds is 4. The van der Waals surface area contributed by atoms with E-state index >= 15 is 0 Å². The van der Waals surface area contributed by atoms with Crippen molar-refractivity contribution in [3.05, 3.63) is 28.7 Å². The van der Waals surface area contributed by atoms with Gasteiger partial charge in [-0.05, 0) is 44.6 Å². The summed E-state index contributed by atoms with van der Waals surface area (Å²) in [5.74, 6) is 0.450. The maximum atomic E-state index is 12.6. The molecule has 0 spiro atoms. The third-order valence-electron chi connectivity index (χ3n) is 5.95. The zero-order valence-electron chi connectivity index (χ0n) is 16.5. The number of anilines is 1. The van der Waals surface area contributed by atoms with Crippen LogP contribution in [0.3, 0.4) is 0 Å². The van der Waals surface area contributed by atoms with E-state index in [2.05, 4.69) is 15.3 Å². The molecular weight excluding hydrogens is 394 g/mol. The Labute approximate surface area is 169 Å². The Kier molecular flexibility index (Phi) is 5.58. The lowest BCUT2D eigenvalue weighted by Crippen LogP contribution is -2.42. The molecule has 1 saturated heterocycles. The molecule has 4 rings (SSSR count). The molecule has 1 aliphatic carbocycles. The number of aromatic nitrogens is 3. The summed E-state index contributed by atoms with van der Waals surface area (Å²) in [7, 11) is -3.16. The summed E-state index contributed by atoms with van der Waals surface area (Å²) in [6.45, 7) is 0.943. The van der Waals surface area contributed by atoms with Crippen LogP contribution in [0.4, 0.5) is 5.95 Å². The van der Waals surface area contributed by atoms with E-state index in [4.69, 9.17) is 0 Å². The van der Waals surface area contributed by atoms with Crippen molar-refractivity contribution in [3.63, 3.8) is 0 Å². The first kappa shape index (κ1) is 20.2. The first-order chi connectivity index (χ1) is 13.8. The van der Waals surface area contributed by atoms with E-state index in [1.807, 2.05) is 0 Å². The molecule has 29 heavy (non-hydrogen) atoms. The summed E-state index contributed by atoms with van der Waals surface area (Å²) in [6.07, 6.45) is 6.87. The van der Waals surface area contributed by atoms with Crippen LogP contribution < -0.4 is 10.9 Å². The van der Waals surface area contributed by atoms with Crippen molar-refractivity contribution >= 4 is 27.0 Å². The summed E-state index contributed by atoms with van der Waals surface area (Å²) in [6, 6.07) is 3.39. The lowest BCUT2D eigenvalue weighted by molar-refractivity contribution is 0.111. The van der Waals surface area contributed by atoms with Crippen LogP contribution in [0.5, 0.6) is 0 Å². The molecule has 0 bridgehead atoms. The van der Waals surface area contributed by atoms with E-state index in [-0.39, 0.29) is 23.7 Å². The number of pyridine rings is 1. The summed E-state index contributed by atoms with van der Waals surface area (Å²) >= 11 is 0. The van der Waals surface area contributed by atoms with E-state index in [0.717, 1.165) is 18.2 Å². The summed E-state index contributed by atoms with van der Waals surface area (Å²) in [4.78, 5) is 21.6. The van der Waals surface area contributed by atoms with Gasteiger partial charge in [0.25, 0.3) is 5.56 Å². The van der Waals surface area contributed by atoms with Crippen molar-refractivity contribution in [2.24, 2.45) is 0 Å². The smallest absolute Gasteiger partial charge is 0.252 e.